The summed E-state index contributed by atoms with van der Waals surface area (Å²) in [7, 11) is 0. The minimum Gasteiger partial charge on any atom is -0.343 e. The van der Waals surface area contributed by atoms with Crippen LogP contribution in [0.5, 0.6) is 0 Å². The molecule has 2 N–H and O–H groups in total. The Hall–Kier alpha value is -2.84. The molecule has 4 heterocycles. The fourth-order valence-electron chi connectivity index (χ4n) is 3.89. The molecule has 3 aromatic heterocycles. The first-order valence-electron chi connectivity index (χ1n) is 9.92. The van der Waals surface area contributed by atoms with Crippen molar-refractivity contribution in [2.75, 3.05) is 19.6 Å². The van der Waals surface area contributed by atoms with Crippen LogP contribution in [0.4, 0.5) is 0 Å². The van der Waals surface area contributed by atoms with E-state index >= 15 is 0 Å². The van der Waals surface area contributed by atoms with Crippen molar-refractivity contribution in [2.24, 2.45) is 0 Å². The van der Waals surface area contributed by atoms with Gasteiger partial charge < -0.3 is 15.0 Å². The van der Waals surface area contributed by atoms with Gasteiger partial charge in [0.15, 0.2) is 0 Å². The van der Waals surface area contributed by atoms with E-state index in [-0.39, 0.29) is 11.9 Å². The van der Waals surface area contributed by atoms with Gasteiger partial charge in [-0.1, -0.05) is 6.07 Å². The summed E-state index contributed by atoms with van der Waals surface area (Å²) in [6.45, 7) is 8.86. The zero-order valence-corrected chi connectivity index (χ0v) is 17.1. The number of rotatable bonds is 5. The average molecular weight is 393 g/mol. The third kappa shape index (κ3) is 3.99. The predicted molar refractivity (Wildman–Crippen MR) is 110 cm³/mol. The zero-order chi connectivity index (χ0) is 20.4. The lowest BCUT2D eigenvalue weighted by atomic mass is 10.0. The first kappa shape index (κ1) is 19.5. The molecule has 1 aliphatic heterocycles. The van der Waals surface area contributed by atoms with E-state index in [0.29, 0.717) is 13.1 Å². The molecule has 1 saturated heterocycles. The summed E-state index contributed by atoms with van der Waals surface area (Å²) in [4.78, 5) is 20.0. The van der Waals surface area contributed by atoms with Crippen LogP contribution in [0.1, 0.15) is 30.9 Å². The second-order valence-corrected chi connectivity index (χ2v) is 8.05. The number of carbonyl (C=O) groups is 1. The maximum atomic E-state index is 13.2. The molecule has 3 aromatic rings. The monoisotopic (exact) mass is 393 g/mol. The number of imidazole rings is 1. The van der Waals surface area contributed by atoms with Gasteiger partial charge in [0.25, 0.3) is 0 Å². The van der Waals surface area contributed by atoms with Gasteiger partial charge in [-0.25, -0.2) is 4.98 Å². The van der Waals surface area contributed by atoms with Crippen LogP contribution in [-0.2, 0) is 16.9 Å². The summed E-state index contributed by atoms with van der Waals surface area (Å²) in [5.74, 6) is 0.796. The van der Waals surface area contributed by atoms with Crippen molar-refractivity contribution >= 4 is 11.4 Å². The Bertz CT molecular complexity index is 999. The highest BCUT2D eigenvalue weighted by Crippen LogP contribution is 2.22. The Labute approximate surface area is 170 Å². The minimum absolute atomic E-state index is 0.0181. The molecule has 1 atom stereocenters. The fourth-order valence-corrected chi connectivity index (χ4v) is 3.89. The summed E-state index contributed by atoms with van der Waals surface area (Å²) in [5.41, 5.74) is 2.45. The molecule has 4 rings (SSSR count). The quantitative estimate of drug-likeness (QED) is 0.679. The number of nitrogens with one attached hydrogen (secondary N) is 2. The van der Waals surface area contributed by atoms with Gasteiger partial charge in [-0.2, -0.15) is 10.2 Å². The average Bonchev–Trinajstić information content (AvgIpc) is 3.15. The van der Waals surface area contributed by atoms with Crippen molar-refractivity contribution in [3.63, 3.8) is 0 Å². The fraction of sp³-hybridized carbons (Fsp3) is 0.429. The second kappa shape index (κ2) is 7.88. The highest BCUT2D eigenvalue weighted by molar-refractivity contribution is 5.83. The predicted octanol–water partition coefficient (Wildman–Crippen LogP) is 1.26. The van der Waals surface area contributed by atoms with E-state index in [9.17, 15) is 4.79 Å². The van der Waals surface area contributed by atoms with Crippen LogP contribution in [0, 0.1) is 6.92 Å². The lowest BCUT2D eigenvalue weighted by Gasteiger charge is -2.37. The Morgan fingerprint density at radius 3 is 3.00 bits per heavy atom. The lowest BCUT2D eigenvalue weighted by molar-refractivity contribution is -0.129. The lowest BCUT2D eigenvalue weighted by Crippen LogP contribution is -2.59. The van der Waals surface area contributed by atoms with Crippen molar-refractivity contribution in [3.8, 4) is 0 Å². The summed E-state index contributed by atoms with van der Waals surface area (Å²) >= 11 is 0. The number of aromatic nitrogens is 4. The highest BCUT2D eigenvalue weighted by Gasteiger charge is 2.34. The van der Waals surface area contributed by atoms with Crippen molar-refractivity contribution in [1.82, 2.24) is 35.1 Å². The molecule has 0 saturated carbocycles. The van der Waals surface area contributed by atoms with Gasteiger partial charge in [0.2, 0.25) is 5.91 Å². The summed E-state index contributed by atoms with van der Waals surface area (Å²) in [6.07, 6.45) is 5.51. The first-order valence-corrected chi connectivity index (χ1v) is 9.92. The molecule has 1 amide bonds. The van der Waals surface area contributed by atoms with E-state index in [2.05, 4.69) is 43.7 Å². The van der Waals surface area contributed by atoms with Crippen molar-refractivity contribution in [1.29, 1.82) is 0 Å². The maximum Gasteiger partial charge on any atom is 0.239 e. The van der Waals surface area contributed by atoms with E-state index in [4.69, 9.17) is 0 Å². The molecular formula is C21H27N7O. The molecule has 1 aliphatic rings. The van der Waals surface area contributed by atoms with Crippen LogP contribution in [0.2, 0.25) is 0 Å². The van der Waals surface area contributed by atoms with E-state index in [1.54, 1.807) is 6.20 Å². The third-order valence-corrected chi connectivity index (χ3v) is 5.43. The standard InChI is InChI=1S/C21H27N7O/c1-15-6-5-10-28-17(15)13-23-20(28)21(2,3)25-19(29)18-12-22-9-11-27(18)14-16-7-4-8-24-26-16/h4-8,10,13,18,22H,9,11-12,14H2,1-3H3,(H,25,29)/t18-/m1/s1. The molecule has 29 heavy (non-hydrogen) atoms. The van der Waals surface area contributed by atoms with Gasteiger partial charge >= 0.3 is 0 Å². The molecule has 152 valence electrons. The summed E-state index contributed by atoms with van der Waals surface area (Å²) in [6, 6.07) is 7.59. The molecule has 1 fully saturated rings. The SMILES string of the molecule is Cc1cccn2c(C(C)(C)NC(=O)[C@H]3CNCCN3Cc3cccnn3)ncc12. The van der Waals surface area contributed by atoms with Crippen LogP contribution in [0.15, 0.2) is 42.9 Å². The molecule has 0 aliphatic carbocycles. The highest BCUT2D eigenvalue weighted by atomic mass is 16.2. The largest absolute Gasteiger partial charge is 0.343 e. The molecule has 0 spiro atoms. The number of fused-ring (bicyclic) bond motifs is 1. The Morgan fingerprint density at radius 1 is 1.34 bits per heavy atom. The van der Waals surface area contributed by atoms with E-state index in [0.717, 1.165) is 35.7 Å². The van der Waals surface area contributed by atoms with Crippen molar-refractivity contribution < 1.29 is 4.79 Å². The van der Waals surface area contributed by atoms with E-state index in [1.165, 1.54) is 0 Å². The molecule has 0 aromatic carbocycles. The second-order valence-electron chi connectivity index (χ2n) is 8.05. The van der Waals surface area contributed by atoms with Gasteiger partial charge in [0, 0.05) is 38.6 Å². The molecule has 8 nitrogen and oxygen atoms in total. The molecule has 8 heteroatoms. The smallest absolute Gasteiger partial charge is 0.239 e. The maximum absolute atomic E-state index is 13.2. The number of amides is 1. The molecular weight excluding hydrogens is 366 g/mol. The van der Waals surface area contributed by atoms with Gasteiger partial charge in [-0.3, -0.25) is 9.69 Å². The van der Waals surface area contributed by atoms with Crippen LogP contribution >= 0.6 is 0 Å². The first-order chi connectivity index (χ1) is 14.0. The van der Waals surface area contributed by atoms with Crippen molar-refractivity contribution in [2.45, 2.75) is 38.9 Å². The molecule has 0 unspecified atom stereocenters. The van der Waals surface area contributed by atoms with Gasteiger partial charge in [-0.05, 0) is 44.5 Å². The molecule has 0 bridgehead atoms. The number of aryl methyl sites for hydroxylation is 1. The summed E-state index contributed by atoms with van der Waals surface area (Å²) < 4.78 is 2.05. The minimum atomic E-state index is -0.618. The van der Waals surface area contributed by atoms with Gasteiger partial charge in [-0.15, -0.1) is 0 Å². The third-order valence-electron chi connectivity index (χ3n) is 5.43. The van der Waals surface area contributed by atoms with Gasteiger partial charge in [0.1, 0.15) is 11.9 Å². The van der Waals surface area contributed by atoms with Crippen LogP contribution in [0.25, 0.3) is 5.52 Å². The molecule has 0 radical (unpaired) electrons. The number of nitrogens with zero attached hydrogens (tertiary/aromatic N) is 5. The Balaban J connectivity index is 1.53. The summed E-state index contributed by atoms with van der Waals surface area (Å²) in [5, 5.41) is 14.7. The Kier molecular flexibility index (Phi) is 5.29. The van der Waals surface area contributed by atoms with E-state index in [1.807, 2.05) is 48.8 Å². The number of hydrogen-bond donors (Lipinski definition) is 2. The van der Waals surface area contributed by atoms with Crippen LogP contribution in [0.3, 0.4) is 0 Å². The van der Waals surface area contributed by atoms with Crippen LogP contribution < -0.4 is 10.6 Å². The Morgan fingerprint density at radius 2 is 2.21 bits per heavy atom. The topological polar surface area (TPSA) is 87.5 Å². The van der Waals surface area contributed by atoms with Crippen LogP contribution in [-0.4, -0.2) is 56.1 Å². The van der Waals surface area contributed by atoms with E-state index < -0.39 is 5.54 Å². The number of hydrogen-bond acceptors (Lipinski definition) is 6. The van der Waals surface area contributed by atoms with Crippen molar-refractivity contribution in [3.05, 3.63) is 59.9 Å². The normalized spacial score (nSPS) is 18.1. The van der Waals surface area contributed by atoms with Gasteiger partial charge in [0.05, 0.1) is 22.9 Å². The number of piperazine rings is 1. The number of carbonyl (C=O) groups excluding carboxylic acids is 1. The zero-order valence-electron chi connectivity index (χ0n) is 17.1. The number of pyridine rings is 1.